The topological polar surface area (TPSA) is 47.0 Å². The number of aryl methyl sites for hydroxylation is 1. The van der Waals surface area contributed by atoms with Gasteiger partial charge in [0.05, 0.1) is 6.54 Å². The Morgan fingerprint density at radius 1 is 0.966 bits per heavy atom. The summed E-state index contributed by atoms with van der Waals surface area (Å²) in [6.07, 6.45) is 4.53. The third-order valence-corrected chi connectivity index (χ3v) is 6.39. The van der Waals surface area contributed by atoms with Gasteiger partial charge >= 0.3 is 0 Å². The lowest BCUT2D eigenvalue weighted by Crippen LogP contribution is -2.50. The molecule has 0 atom stereocenters. The number of likely N-dealkylation sites (tertiary alicyclic amines) is 1. The highest BCUT2D eigenvalue weighted by molar-refractivity contribution is 5.78. The first kappa shape index (κ1) is 22.1. The highest BCUT2D eigenvalue weighted by Crippen LogP contribution is 2.35. The van der Waals surface area contributed by atoms with Crippen LogP contribution in [0.15, 0.2) is 12.1 Å². The normalized spacial score (nSPS) is 19.5. The van der Waals surface area contributed by atoms with Crippen LogP contribution in [0.1, 0.15) is 63.6 Å². The number of carbonyl (C=O) groups excluding carboxylic acids is 1. The van der Waals surface area contributed by atoms with Crippen molar-refractivity contribution >= 4 is 5.91 Å². The van der Waals surface area contributed by atoms with Gasteiger partial charge in [-0.25, -0.2) is 0 Å². The van der Waals surface area contributed by atoms with E-state index in [9.17, 15) is 9.90 Å². The number of phenolic OH excluding ortho intramolecular Hbond substituents is 1. The molecule has 0 bridgehead atoms. The lowest BCUT2D eigenvalue weighted by atomic mass is 9.83. The summed E-state index contributed by atoms with van der Waals surface area (Å²) in [5.41, 5.74) is 3.29. The van der Waals surface area contributed by atoms with Crippen molar-refractivity contribution in [1.29, 1.82) is 0 Å². The third kappa shape index (κ3) is 5.73. The number of benzene rings is 1. The largest absolute Gasteiger partial charge is 0.507 e. The van der Waals surface area contributed by atoms with Crippen LogP contribution in [-0.2, 0) is 23.2 Å². The monoisotopic (exact) mass is 401 g/mol. The maximum atomic E-state index is 12.5. The second-order valence-corrected chi connectivity index (χ2v) is 9.75. The van der Waals surface area contributed by atoms with Crippen molar-refractivity contribution in [3.05, 3.63) is 28.8 Å². The van der Waals surface area contributed by atoms with E-state index < -0.39 is 0 Å². The molecular formula is C24H39N3O2. The summed E-state index contributed by atoms with van der Waals surface area (Å²) in [6, 6.07) is 4.32. The minimum atomic E-state index is -0.0719. The molecule has 2 saturated heterocycles. The van der Waals surface area contributed by atoms with Gasteiger partial charge in [-0.05, 0) is 42.2 Å². The number of nitrogens with zero attached hydrogens (tertiary/aromatic N) is 3. The van der Waals surface area contributed by atoms with Crippen LogP contribution in [0.2, 0.25) is 0 Å². The Balaban J connectivity index is 1.57. The molecule has 162 valence electrons. The lowest BCUT2D eigenvalue weighted by Gasteiger charge is -2.36. The van der Waals surface area contributed by atoms with Gasteiger partial charge in [-0.3, -0.25) is 14.6 Å². The van der Waals surface area contributed by atoms with Gasteiger partial charge in [-0.15, -0.1) is 0 Å². The summed E-state index contributed by atoms with van der Waals surface area (Å²) >= 11 is 0. The molecule has 1 amide bonds. The zero-order chi connectivity index (χ0) is 21.0. The van der Waals surface area contributed by atoms with Gasteiger partial charge < -0.3 is 10.0 Å². The summed E-state index contributed by atoms with van der Waals surface area (Å²) in [5.74, 6) is 0.749. The fourth-order valence-electron chi connectivity index (χ4n) is 4.44. The van der Waals surface area contributed by atoms with E-state index >= 15 is 0 Å². The van der Waals surface area contributed by atoms with E-state index in [1.165, 1.54) is 12.0 Å². The van der Waals surface area contributed by atoms with Crippen molar-refractivity contribution < 1.29 is 9.90 Å². The molecule has 0 unspecified atom stereocenters. The predicted octanol–water partition coefficient (Wildman–Crippen LogP) is 3.38. The van der Waals surface area contributed by atoms with Crippen LogP contribution in [0.3, 0.4) is 0 Å². The van der Waals surface area contributed by atoms with Gasteiger partial charge in [0.25, 0.3) is 0 Å². The molecule has 0 saturated carbocycles. The van der Waals surface area contributed by atoms with Crippen molar-refractivity contribution in [1.82, 2.24) is 14.7 Å². The number of hydrogen-bond acceptors (Lipinski definition) is 4. The number of carbonyl (C=O) groups is 1. The van der Waals surface area contributed by atoms with Crippen molar-refractivity contribution in [2.75, 3.05) is 45.8 Å². The molecule has 0 aliphatic carbocycles. The second-order valence-electron chi connectivity index (χ2n) is 9.75. The number of rotatable bonds is 5. The SMILES string of the molecule is CCc1cc(CN2CCN(CC(=O)N3CCCCC3)CC2)c(O)c(C(C)(C)C)c1. The molecule has 29 heavy (non-hydrogen) atoms. The van der Waals surface area contributed by atoms with Crippen molar-refractivity contribution in [2.24, 2.45) is 0 Å². The molecule has 2 heterocycles. The maximum Gasteiger partial charge on any atom is 0.236 e. The van der Waals surface area contributed by atoms with Gasteiger partial charge in [-0.1, -0.05) is 39.8 Å². The average molecular weight is 402 g/mol. The summed E-state index contributed by atoms with van der Waals surface area (Å²) in [7, 11) is 0. The number of phenols is 1. The van der Waals surface area contributed by atoms with Crippen LogP contribution in [0.25, 0.3) is 0 Å². The van der Waals surface area contributed by atoms with E-state index in [4.69, 9.17) is 0 Å². The fourth-order valence-corrected chi connectivity index (χ4v) is 4.44. The van der Waals surface area contributed by atoms with Gasteiger partial charge in [0, 0.05) is 51.4 Å². The molecule has 2 aliphatic rings. The van der Waals surface area contributed by atoms with Gasteiger partial charge in [-0.2, -0.15) is 0 Å². The molecule has 1 aromatic rings. The second kappa shape index (κ2) is 9.48. The lowest BCUT2D eigenvalue weighted by molar-refractivity contribution is -0.133. The van der Waals surface area contributed by atoms with E-state index in [1.807, 2.05) is 4.90 Å². The third-order valence-electron chi connectivity index (χ3n) is 6.39. The van der Waals surface area contributed by atoms with Gasteiger partial charge in [0.1, 0.15) is 5.75 Å². The van der Waals surface area contributed by atoms with Gasteiger partial charge in [0.2, 0.25) is 5.91 Å². The standard InChI is InChI=1S/C24H39N3O2/c1-5-19-15-20(23(29)21(16-19)24(2,3)4)17-25-11-13-26(14-12-25)18-22(28)27-9-7-6-8-10-27/h15-16,29H,5-14,17-18H2,1-4H3. The Morgan fingerprint density at radius 3 is 2.17 bits per heavy atom. The Kier molecular flexibility index (Phi) is 7.23. The highest BCUT2D eigenvalue weighted by Gasteiger charge is 2.25. The van der Waals surface area contributed by atoms with E-state index in [-0.39, 0.29) is 5.41 Å². The molecule has 0 spiro atoms. The summed E-state index contributed by atoms with van der Waals surface area (Å²) in [4.78, 5) is 19.3. The molecule has 5 nitrogen and oxygen atoms in total. The Labute approximate surface area is 176 Å². The van der Waals surface area contributed by atoms with Gasteiger partial charge in [0.15, 0.2) is 0 Å². The molecule has 0 radical (unpaired) electrons. The highest BCUT2D eigenvalue weighted by atomic mass is 16.3. The Morgan fingerprint density at radius 2 is 1.59 bits per heavy atom. The van der Waals surface area contributed by atoms with Crippen LogP contribution < -0.4 is 0 Å². The smallest absolute Gasteiger partial charge is 0.236 e. The molecule has 2 fully saturated rings. The number of piperidine rings is 1. The molecule has 1 N–H and O–H groups in total. The molecule has 1 aromatic carbocycles. The van der Waals surface area contributed by atoms with E-state index in [0.717, 1.165) is 76.2 Å². The van der Waals surface area contributed by atoms with Crippen molar-refractivity contribution in [3.8, 4) is 5.75 Å². The maximum absolute atomic E-state index is 12.5. The zero-order valence-corrected chi connectivity index (χ0v) is 18.8. The van der Waals surface area contributed by atoms with Crippen LogP contribution in [0.5, 0.6) is 5.75 Å². The van der Waals surface area contributed by atoms with E-state index in [2.05, 4.69) is 49.6 Å². The summed E-state index contributed by atoms with van der Waals surface area (Å²) in [6.45, 7) is 15.5. The first-order valence-electron chi connectivity index (χ1n) is 11.4. The minimum Gasteiger partial charge on any atom is -0.507 e. The first-order chi connectivity index (χ1) is 13.8. The molecule has 2 aliphatic heterocycles. The Hall–Kier alpha value is -1.59. The summed E-state index contributed by atoms with van der Waals surface area (Å²) in [5, 5.41) is 10.9. The molecular weight excluding hydrogens is 362 g/mol. The van der Waals surface area contributed by atoms with Crippen LogP contribution in [0.4, 0.5) is 0 Å². The van der Waals surface area contributed by atoms with Crippen LogP contribution in [-0.4, -0.2) is 71.5 Å². The molecule has 0 aromatic heterocycles. The van der Waals surface area contributed by atoms with Crippen LogP contribution >= 0.6 is 0 Å². The molecule has 3 rings (SSSR count). The van der Waals surface area contributed by atoms with E-state index in [0.29, 0.717) is 18.2 Å². The predicted molar refractivity (Wildman–Crippen MR) is 118 cm³/mol. The quantitative estimate of drug-likeness (QED) is 0.822. The molecule has 5 heteroatoms. The van der Waals surface area contributed by atoms with Crippen LogP contribution in [0, 0.1) is 0 Å². The number of hydrogen-bond donors (Lipinski definition) is 1. The van der Waals surface area contributed by atoms with E-state index in [1.54, 1.807) is 0 Å². The zero-order valence-electron chi connectivity index (χ0n) is 18.8. The minimum absolute atomic E-state index is 0.0719. The average Bonchev–Trinajstić information content (AvgIpc) is 2.70. The Bertz CT molecular complexity index is 697. The first-order valence-corrected chi connectivity index (χ1v) is 11.4. The van der Waals surface area contributed by atoms with Crippen molar-refractivity contribution in [2.45, 2.75) is 65.3 Å². The number of piperazine rings is 1. The fraction of sp³-hybridized carbons (Fsp3) is 0.708. The number of amides is 1. The van der Waals surface area contributed by atoms with Crippen molar-refractivity contribution in [3.63, 3.8) is 0 Å². The summed E-state index contributed by atoms with van der Waals surface area (Å²) < 4.78 is 0. The number of aromatic hydroxyl groups is 1.